The SMILES string of the molecule is CC.CCCNC.O=CCCN1C(=O)C=CC1=O. The molecule has 0 saturated heterocycles. The minimum Gasteiger partial charge on any atom is -0.320 e. The van der Waals surface area contributed by atoms with Gasteiger partial charge in [-0.15, -0.1) is 0 Å². The Morgan fingerprint density at radius 2 is 1.72 bits per heavy atom. The van der Waals surface area contributed by atoms with Crippen LogP contribution in [0.2, 0.25) is 0 Å². The third kappa shape index (κ3) is 8.64. The Bertz CT molecular complexity index is 255. The Labute approximate surface area is 109 Å². The zero-order valence-electron chi connectivity index (χ0n) is 11.7. The van der Waals surface area contributed by atoms with Gasteiger partial charge < -0.3 is 10.1 Å². The van der Waals surface area contributed by atoms with Crippen LogP contribution in [0.3, 0.4) is 0 Å². The Morgan fingerprint density at radius 3 is 2.00 bits per heavy atom. The van der Waals surface area contributed by atoms with Gasteiger partial charge in [0.15, 0.2) is 0 Å². The first-order valence-corrected chi connectivity index (χ1v) is 6.29. The second kappa shape index (κ2) is 13.6. The molecule has 5 nitrogen and oxygen atoms in total. The molecule has 0 radical (unpaired) electrons. The summed E-state index contributed by atoms with van der Waals surface area (Å²) < 4.78 is 0. The molecule has 0 spiro atoms. The summed E-state index contributed by atoms with van der Waals surface area (Å²) in [5.74, 6) is -0.672. The highest BCUT2D eigenvalue weighted by Gasteiger charge is 2.21. The minimum absolute atomic E-state index is 0.189. The fourth-order valence-electron chi connectivity index (χ4n) is 1.08. The van der Waals surface area contributed by atoms with Crippen LogP contribution in [-0.2, 0) is 14.4 Å². The van der Waals surface area contributed by atoms with Crippen molar-refractivity contribution < 1.29 is 14.4 Å². The van der Waals surface area contributed by atoms with E-state index in [2.05, 4.69) is 12.2 Å². The van der Waals surface area contributed by atoms with E-state index in [1.807, 2.05) is 20.9 Å². The number of hydrogen-bond donors (Lipinski definition) is 1. The number of hydrogen-bond acceptors (Lipinski definition) is 4. The van der Waals surface area contributed by atoms with E-state index in [4.69, 9.17) is 0 Å². The summed E-state index contributed by atoms with van der Waals surface area (Å²) in [6.07, 6.45) is 4.52. The number of nitrogens with one attached hydrogen (secondary N) is 1. The van der Waals surface area contributed by atoms with E-state index >= 15 is 0 Å². The van der Waals surface area contributed by atoms with Crippen LogP contribution in [-0.4, -0.2) is 43.1 Å². The van der Waals surface area contributed by atoms with Crippen molar-refractivity contribution in [2.24, 2.45) is 0 Å². The lowest BCUT2D eigenvalue weighted by Gasteiger charge is -2.10. The average Bonchev–Trinajstić information content (AvgIpc) is 2.71. The molecule has 0 aromatic heterocycles. The minimum atomic E-state index is -0.336. The molecule has 0 atom stereocenters. The summed E-state index contributed by atoms with van der Waals surface area (Å²) in [5.41, 5.74) is 0. The number of imide groups is 1. The van der Waals surface area contributed by atoms with Crippen LogP contribution in [0.1, 0.15) is 33.6 Å². The number of amides is 2. The second-order valence-corrected chi connectivity index (χ2v) is 3.22. The first kappa shape index (κ1) is 18.9. The number of carbonyl (C=O) groups is 3. The van der Waals surface area contributed by atoms with Gasteiger partial charge in [0.2, 0.25) is 0 Å². The molecule has 1 aliphatic rings. The standard InChI is InChI=1S/C7H7NO3.C4H11N.C2H6/c9-5-1-4-8-6(10)2-3-7(8)11;1-3-4-5-2;1-2/h2-3,5H,1,4H2;5H,3-4H2,1-2H3;1-2H3. The predicted molar refractivity (Wildman–Crippen MR) is 72.1 cm³/mol. The fraction of sp³-hybridized carbons (Fsp3) is 0.615. The highest BCUT2D eigenvalue weighted by Crippen LogP contribution is 2.02. The van der Waals surface area contributed by atoms with Gasteiger partial charge in [0, 0.05) is 25.1 Å². The first-order chi connectivity index (χ1) is 8.67. The first-order valence-electron chi connectivity index (χ1n) is 6.29. The average molecular weight is 256 g/mol. The smallest absolute Gasteiger partial charge is 0.253 e. The van der Waals surface area contributed by atoms with Crippen molar-refractivity contribution in [2.75, 3.05) is 20.1 Å². The predicted octanol–water partition coefficient (Wildman–Crippen LogP) is 1.14. The van der Waals surface area contributed by atoms with Crippen molar-refractivity contribution in [2.45, 2.75) is 33.6 Å². The molecule has 0 aromatic carbocycles. The molecule has 1 N–H and O–H groups in total. The second-order valence-electron chi connectivity index (χ2n) is 3.22. The molecular formula is C13H24N2O3. The highest BCUT2D eigenvalue weighted by molar-refractivity contribution is 6.12. The van der Waals surface area contributed by atoms with E-state index in [-0.39, 0.29) is 24.8 Å². The molecular weight excluding hydrogens is 232 g/mol. The summed E-state index contributed by atoms with van der Waals surface area (Å²) in [5, 5.41) is 3.02. The molecule has 0 unspecified atom stereocenters. The van der Waals surface area contributed by atoms with Gasteiger partial charge in [-0.05, 0) is 20.0 Å². The topological polar surface area (TPSA) is 66.5 Å². The number of nitrogens with zero attached hydrogens (tertiary/aromatic N) is 1. The van der Waals surface area contributed by atoms with Gasteiger partial charge in [0.25, 0.3) is 11.8 Å². The summed E-state index contributed by atoms with van der Waals surface area (Å²) in [4.78, 5) is 32.5. The summed E-state index contributed by atoms with van der Waals surface area (Å²) >= 11 is 0. The van der Waals surface area contributed by atoms with Crippen molar-refractivity contribution in [1.82, 2.24) is 10.2 Å². The van der Waals surface area contributed by atoms with Gasteiger partial charge >= 0.3 is 0 Å². The van der Waals surface area contributed by atoms with Gasteiger partial charge in [-0.3, -0.25) is 14.5 Å². The molecule has 18 heavy (non-hydrogen) atoms. The lowest BCUT2D eigenvalue weighted by Crippen LogP contribution is -2.30. The molecule has 0 bridgehead atoms. The number of carbonyl (C=O) groups excluding carboxylic acids is 3. The van der Waals surface area contributed by atoms with Crippen LogP contribution in [0, 0.1) is 0 Å². The van der Waals surface area contributed by atoms with E-state index < -0.39 is 0 Å². The molecule has 104 valence electrons. The van der Waals surface area contributed by atoms with E-state index in [9.17, 15) is 14.4 Å². The molecule has 1 rings (SSSR count). The summed E-state index contributed by atoms with van der Waals surface area (Å²) in [7, 11) is 1.96. The third-order valence-electron chi connectivity index (χ3n) is 1.87. The van der Waals surface area contributed by atoms with Crippen LogP contribution in [0.4, 0.5) is 0 Å². The molecule has 0 fully saturated rings. The van der Waals surface area contributed by atoms with E-state index in [1.165, 1.54) is 18.6 Å². The van der Waals surface area contributed by atoms with E-state index in [0.29, 0.717) is 6.29 Å². The van der Waals surface area contributed by atoms with Crippen LogP contribution >= 0.6 is 0 Å². The van der Waals surface area contributed by atoms with E-state index in [1.54, 1.807) is 0 Å². The third-order valence-corrected chi connectivity index (χ3v) is 1.87. The lowest BCUT2D eigenvalue weighted by molar-refractivity contribution is -0.136. The van der Waals surface area contributed by atoms with Crippen molar-refractivity contribution in [3.8, 4) is 0 Å². The maximum absolute atomic E-state index is 10.8. The molecule has 0 aromatic rings. The molecule has 0 saturated carbocycles. The summed E-state index contributed by atoms with van der Waals surface area (Å²) in [6, 6.07) is 0. The van der Waals surface area contributed by atoms with Crippen molar-refractivity contribution in [1.29, 1.82) is 0 Å². The lowest BCUT2D eigenvalue weighted by atomic mass is 10.4. The molecule has 1 aliphatic heterocycles. The highest BCUT2D eigenvalue weighted by atomic mass is 16.2. The van der Waals surface area contributed by atoms with Crippen LogP contribution < -0.4 is 5.32 Å². The zero-order valence-corrected chi connectivity index (χ0v) is 11.7. The van der Waals surface area contributed by atoms with Crippen molar-refractivity contribution >= 4 is 18.1 Å². The maximum atomic E-state index is 10.8. The van der Waals surface area contributed by atoms with E-state index in [0.717, 1.165) is 11.4 Å². The van der Waals surface area contributed by atoms with Gasteiger partial charge in [-0.1, -0.05) is 20.8 Å². The Morgan fingerprint density at radius 1 is 1.22 bits per heavy atom. The van der Waals surface area contributed by atoms with Crippen LogP contribution in [0.15, 0.2) is 12.2 Å². The molecule has 2 amide bonds. The normalized spacial score (nSPS) is 12.6. The van der Waals surface area contributed by atoms with Gasteiger partial charge in [-0.2, -0.15) is 0 Å². The Kier molecular flexibility index (Phi) is 14.2. The Hall–Kier alpha value is -1.49. The molecule has 0 aliphatic carbocycles. The molecule has 5 heteroatoms. The Balaban J connectivity index is 0. The maximum Gasteiger partial charge on any atom is 0.253 e. The largest absolute Gasteiger partial charge is 0.320 e. The molecule has 1 heterocycles. The summed E-state index contributed by atoms with van der Waals surface area (Å²) in [6.45, 7) is 7.48. The van der Waals surface area contributed by atoms with Gasteiger partial charge in [0.1, 0.15) is 6.29 Å². The van der Waals surface area contributed by atoms with Crippen molar-refractivity contribution in [3.05, 3.63) is 12.2 Å². The van der Waals surface area contributed by atoms with Crippen LogP contribution in [0.5, 0.6) is 0 Å². The van der Waals surface area contributed by atoms with Gasteiger partial charge in [0.05, 0.1) is 0 Å². The van der Waals surface area contributed by atoms with Gasteiger partial charge in [-0.25, -0.2) is 0 Å². The quantitative estimate of drug-likeness (QED) is 0.592. The zero-order chi connectivity index (χ0) is 14.4. The number of rotatable bonds is 5. The number of aldehydes is 1. The van der Waals surface area contributed by atoms with Crippen LogP contribution in [0.25, 0.3) is 0 Å². The monoisotopic (exact) mass is 256 g/mol. The van der Waals surface area contributed by atoms with Crippen molar-refractivity contribution in [3.63, 3.8) is 0 Å². The fourth-order valence-corrected chi connectivity index (χ4v) is 1.08.